The molecule has 0 saturated carbocycles. The van der Waals surface area contributed by atoms with Gasteiger partial charge in [-0.05, 0) is 29.8 Å². The Hall–Kier alpha value is -3.58. The Balaban J connectivity index is 1.44. The molecule has 152 valence electrons. The van der Waals surface area contributed by atoms with Crippen LogP contribution >= 0.6 is 11.3 Å². The van der Waals surface area contributed by atoms with Crippen molar-refractivity contribution in [3.05, 3.63) is 101 Å². The van der Waals surface area contributed by atoms with Crippen LogP contribution in [0.2, 0.25) is 0 Å². The fraction of sp³-hybridized carbons (Fsp3) is 0.130. The fourth-order valence-corrected chi connectivity index (χ4v) is 3.47. The summed E-state index contributed by atoms with van der Waals surface area (Å²) in [6.45, 7) is 1.22. The fourth-order valence-electron chi connectivity index (χ4n) is 2.93. The number of hydrogen-bond acceptors (Lipinski definition) is 5. The Morgan fingerprint density at radius 1 is 1.07 bits per heavy atom. The number of hydrogen-bond donors (Lipinski definition) is 1. The van der Waals surface area contributed by atoms with Crippen molar-refractivity contribution in [3.63, 3.8) is 0 Å². The van der Waals surface area contributed by atoms with Crippen LogP contribution in [0.4, 0.5) is 10.5 Å². The van der Waals surface area contributed by atoms with Crippen LogP contribution in [-0.2, 0) is 19.7 Å². The number of amides is 2. The van der Waals surface area contributed by atoms with E-state index in [1.165, 1.54) is 11.3 Å². The second kappa shape index (κ2) is 9.76. The van der Waals surface area contributed by atoms with E-state index in [4.69, 9.17) is 9.15 Å². The highest BCUT2D eigenvalue weighted by atomic mass is 32.1. The van der Waals surface area contributed by atoms with Crippen molar-refractivity contribution in [1.29, 1.82) is 0 Å². The minimum absolute atomic E-state index is 0.216. The molecule has 0 unspecified atom stereocenters. The molecule has 0 fully saturated rings. The van der Waals surface area contributed by atoms with Crippen molar-refractivity contribution < 1.29 is 13.9 Å². The standard InChI is InChI=1S/C23H21N3O3S/c27-23(25-19-8-4-9-21(12-19)29-15-20-16-30-17-24-20)26(14-22-10-5-11-28-22)13-18-6-2-1-3-7-18/h1-12,16-17H,13-15H2,(H,25,27). The van der Waals surface area contributed by atoms with Crippen LogP contribution in [-0.4, -0.2) is 15.9 Å². The molecule has 2 aromatic carbocycles. The molecule has 0 saturated heterocycles. The molecule has 6 nitrogen and oxygen atoms in total. The van der Waals surface area contributed by atoms with Gasteiger partial charge in [-0.3, -0.25) is 0 Å². The maximum Gasteiger partial charge on any atom is 0.322 e. The summed E-state index contributed by atoms with van der Waals surface area (Å²) in [6, 6.07) is 20.7. The lowest BCUT2D eigenvalue weighted by atomic mass is 10.2. The van der Waals surface area contributed by atoms with Crippen molar-refractivity contribution in [2.75, 3.05) is 5.32 Å². The predicted molar refractivity (Wildman–Crippen MR) is 116 cm³/mol. The minimum Gasteiger partial charge on any atom is -0.487 e. The molecular formula is C23H21N3O3S. The molecule has 0 aliphatic heterocycles. The Labute approximate surface area is 178 Å². The molecule has 4 rings (SSSR count). The molecule has 0 spiro atoms. The number of anilines is 1. The van der Waals surface area contributed by atoms with Gasteiger partial charge >= 0.3 is 6.03 Å². The molecule has 0 aliphatic rings. The summed E-state index contributed by atoms with van der Waals surface area (Å²) in [7, 11) is 0. The third-order valence-electron chi connectivity index (χ3n) is 4.39. The van der Waals surface area contributed by atoms with Crippen LogP contribution in [0.25, 0.3) is 0 Å². The van der Waals surface area contributed by atoms with E-state index in [-0.39, 0.29) is 6.03 Å². The lowest BCUT2D eigenvalue weighted by Gasteiger charge is -2.22. The topological polar surface area (TPSA) is 67.6 Å². The van der Waals surface area contributed by atoms with E-state index >= 15 is 0 Å². The van der Waals surface area contributed by atoms with Crippen molar-refractivity contribution in [3.8, 4) is 5.75 Å². The SMILES string of the molecule is O=C(Nc1cccc(OCc2cscn2)c1)N(Cc1ccccc1)Cc1ccco1. The number of aromatic nitrogens is 1. The lowest BCUT2D eigenvalue weighted by Crippen LogP contribution is -2.33. The quantitative estimate of drug-likeness (QED) is 0.407. The van der Waals surface area contributed by atoms with E-state index in [1.54, 1.807) is 22.7 Å². The van der Waals surface area contributed by atoms with Gasteiger partial charge in [-0.25, -0.2) is 9.78 Å². The van der Waals surface area contributed by atoms with Crippen molar-refractivity contribution in [2.45, 2.75) is 19.7 Å². The average Bonchev–Trinajstić information content (AvgIpc) is 3.47. The molecule has 2 heterocycles. The van der Waals surface area contributed by atoms with Gasteiger partial charge in [0.25, 0.3) is 0 Å². The zero-order chi connectivity index (χ0) is 20.6. The van der Waals surface area contributed by atoms with Crippen LogP contribution in [0.1, 0.15) is 17.0 Å². The molecule has 1 N–H and O–H groups in total. The number of ether oxygens (including phenoxy) is 1. The number of benzene rings is 2. The number of rotatable bonds is 8. The van der Waals surface area contributed by atoms with Crippen LogP contribution in [0.5, 0.6) is 5.75 Å². The monoisotopic (exact) mass is 419 g/mol. The number of thiazole rings is 1. The van der Waals surface area contributed by atoms with Gasteiger partial charge in [0.05, 0.1) is 24.0 Å². The van der Waals surface area contributed by atoms with Gasteiger partial charge in [-0.15, -0.1) is 11.3 Å². The van der Waals surface area contributed by atoms with E-state index in [2.05, 4.69) is 10.3 Å². The van der Waals surface area contributed by atoms with E-state index in [0.29, 0.717) is 31.1 Å². The number of furan rings is 1. The summed E-state index contributed by atoms with van der Waals surface area (Å²) in [6.07, 6.45) is 1.61. The molecular weight excluding hydrogens is 398 g/mol. The highest BCUT2D eigenvalue weighted by Crippen LogP contribution is 2.20. The molecule has 4 aromatic rings. The van der Waals surface area contributed by atoms with Crippen LogP contribution in [0.15, 0.2) is 88.3 Å². The van der Waals surface area contributed by atoms with Gasteiger partial charge in [0, 0.05) is 23.7 Å². The van der Waals surface area contributed by atoms with Crippen molar-refractivity contribution in [1.82, 2.24) is 9.88 Å². The number of nitrogens with zero attached hydrogens (tertiary/aromatic N) is 2. The van der Waals surface area contributed by atoms with Crippen molar-refractivity contribution in [2.24, 2.45) is 0 Å². The number of carbonyl (C=O) groups excluding carboxylic acids is 1. The van der Waals surface area contributed by atoms with E-state index < -0.39 is 0 Å². The average molecular weight is 420 g/mol. The number of nitrogens with one attached hydrogen (secondary N) is 1. The Morgan fingerprint density at radius 2 is 1.97 bits per heavy atom. The largest absolute Gasteiger partial charge is 0.487 e. The Morgan fingerprint density at radius 3 is 2.73 bits per heavy atom. The second-order valence-corrected chi connectivity index (χ2v) is 7.37. The van der Waals surface area contributed by atoms with E-state index in [1.807, 2.05) is 66.0 Å². The van der Waals surface area contributed by atoms with E-state index in [9.17, 15) is 4.79 Å². The third-order valence-corrected chi connectivity index (χ3v) is 5.02. The molecule has 0 bridgehead atoms. The lowest BCUT2D eigenvalue weighted by molar-refractivity contribution is 0.201. The van der Waals surface area contributed by atoms with E-state index in [0.717, 1.165) is 17.0 Å². The van der Waals surface area contributed by atoms with Gasteiger partial charge in [-0.2, -0.15) is 0 Å². The first-order valence-electron chi connectivity index (χ1n) is 9.48. The minimum atomic E-state index is -0.216. The van der Waals surface area contributed by atoms with Gasteiger partial charge in [0.15, 0.2) is 0 Å². The van der Waals surface area contributed by atoms with Gasteiger partial charge in [-0.1, -0.05) is 36.4 Å². The maximum absolute atomic E-state index is 13.0. The summed E-state index contributed by atoms with van der Waals surface area (Å²) in [5.41, 5.74) is 4.35. The van der Waals surface area contributed by atoms with Gasteiger partial charge < -0.3 is 19.4 Å². The highest BCUT2D eigenvalue weighted by Gasteiger charge is 2.16. The normalized spacial score (nSPS) is 10.5. The first kappa shape index (κ1) is 19.7. The Kier molecular flexibility index (Phi) is 6.41. The third kappa shape index (κ3) is 5.48. The maximum atomic E-state index is 13.0. The van der Waals surface area contributed by atoms with Crippen LogP contribution < -0.4 is 10.1 Å². The summed E-state index contributed by atoms with van der Waals surface area (Å²) >= 11 is 1.53. The summed E-state index contributed by atoms with van der Waals surface area (Å²) < 4.78 is 11.2. The second-order valence-electron chi connectivity index (χ2n) is 6.65. The molecule has 0 atom stereocenters. The summed E-state index contributed by atoms with van der Waals surface area (Å²) in [5, 5.41) is 4.91. The predicted octanol–water partition coefficient (Wildman–Crippen LogP) is 5.55. The van der Waals surface area contributed by atoms with Gasteiger partial charge in [0.2, 0.25) is 0 Å². The van der Waals surface area contributed by atoms with Crippen molar-refractivity contribution >= 4 is 23.1 Å². The first-order valence-corrected chi connectivity index (χ1v) is 10.4. The van der Waals surface area contributed by atoms with Crippen LogP contribution in [0.3, 0.4) is 0 Å². The van der Waals surface area contributed by atoms with Crippen LogP contribution in [0, 0.1) is 0 Å². The molecule has 30 heavy (non-hydrogen) atoms. The highest BCUT2D eigenvalue weighted by molar-refractivity contribution is 7.07. The number of carbonyl (C=O) groups is 1. The zero-order valence-corrected chi connectivity index (χ0v) is 17.0. The zero-order valence-electron chi connectivity index (χ0n) is 16.2. The van der Waals surface area contributed by atoms with Gasteiger partial charge in [0.1, 0.15) is 18.1 Å². The molecule has 0 radical (unpaired) electrons. The smallest absolute Gasteiger partial charge is 0.322 e. The number of urea groups is 1. The molecule has 7 heteroatoms. The summed E-state index contributed by atoms with van der Waals surface area (Å²) in [5.74, 6) is 1.39. The molecule has 0 aliphatic carbocycles. The molecule has 2 amide bonds. The first-order chi connectivity index (χ1) is 14.8. The summed E-state index contributed by atoms with van der Waals surface area (Å²) in [4.78, 5) is 18.9. The molecule has 2 aromatic heterocycles. The Bertz CT molecular complexity index is 1050.